The maximum absolute atomic E-state index is 9.19. The van der Waals surface area contributed by atoms with E-state index < -0.39 is 16.1 Å². The Hall–Kier alpha value is -0.700. The molecule has 8 heteroatoms. The Morgan fingerprint density at radius 2 is 1.40 bits per heavy atom. The minimum absolute atomic E-state index is 0.0463. The monoisotopic (exact) mass is 246 g/mol. The zero-order chi connectivity index (χ0) is 13.1. The lowest BCUT2D eigenvalue weighted by Gasteiger charge is -1.97. The molecule has 0 amide bonds. The topological polar surface area (TPSA) is 132 Å². The lowest BCUT2D eigenvalue weighted by molar-refractivity contribution is -0.134. The molecule has 4 N–H and O–H groups in total. The average Bonchev–Trinajstić information content (AvgIpc) is 1.99. The van der Waals surface area contributed by atoms with E-state index in [9.17, 15) is 8.42 Å². The lowest BCUT2D eigenvalue weighted by atomic mass is 10.2. The van der Waals surface area contributed by atoms with Gasteiger partial charge < -0.3 is 15.3 Å². The van der Waals surface area contributed by atoms with Gasteiger partial charge in [0.05, 0.1) is 6.26 Å². The van der Waals surface area contributed by atoms with E-state index in [1.165, 1.54) is 0 Å². The van der Waals surface area contributed by atoms with Crippen LogP contribution >= 0.6 is 0 Å². The summed E-state index contributed by atoms with van der Waals surface area (Å²) in [7, 11) is -3.67. The fourth-order valence-electron chi connectivity index (χ4n) is 0.0577. The Balaban J connectivity index is -0.000000147. The third-order valence-electron chi connectivity index (χ3n) is 0.623. The van der Waals surface area contributed by atoms with E-state index in [0.717, 1.165) is 6.92 Å². The minimum Gasteiger partial charge on any atom is -0.481 e. The SMILES string of the molecule is CC(=O)O.CC(CO)CO.CS(=O)(=O)O. The molecule has 0 unspecified atom stereocenters. The van der Waals surface area contributed by atoms with Crippen LogP contribution in [0.1, 0.15) is 13.8 Å². The van der Waals surface area contributed by atoms with Crippen LogP contribution < -0.4 is 0 Å². The van der Waals surface area contributed by atoms with E-state index in [-0.39, 0.29) is 19.1 Å². The summed E-state index contributed by atoms with van der Waals surface area (Å²) in [5.74, 6) is -0.787. The quantitative estimate of drug-likeness (QED) is 0.469. The molecular formula is C7H18O7S. The molecule has 0 aliphatic rings. The fourth-order valence-corrected chi connectivity index (χ4v) is 0.0577. The van der Waals surface area contributed by atoms with E-state index in [1.807, 2.05) is 0 Å². The zero-order valence-electron chi connectivity index (χ0n) is 8.91. The van der Waals surface area contributed by atoms with Crippen LogP contribution in [0.25, 0.3) is 0 Å². The first-order valence-corrected chi connectivity index (χ1v) is 5.73. The van der Waals surface area contributed by atoms with E-state index in [4.69, 9.17) is 24.7 Å². The van der Waals surface area contributed by atoms with E-state index in [2.05, 4.69) is 0 Å². The van der Waals surface area contributed by atoms with Gasteiger partial charge in [0.1, 0.15) is 0 Å². The van der Waals surface area contributed by atoms with Gasteiger partial charge in [0.2, 0.25) is 0 Å². The number of aliphatic hydroxyl groups is 2. The van der Waals surface area contributed by atoms with Crippen molar-refractivity contribution in [3.63, 3.8) is 0 Å². The van der Waals surface area contributed by atoms with Crippen molar-refractivity contribution in [1.29, 1.82) is 0 Å². The Morgan fingerprint density at radius 1 is 1.27 bits per heavy atom. The molecule has 0 saturated heterocycles. The first-order chi connectivity index (χ1) is 6.54. The Labute approximate surface area is 89.1 Å². The van der Waals surface area contributed by atoms with Crippen molar-refractivity contribution >= 4 is 16.1 Å². The van der Waals surface area contributed by atoms with Crippen molar-refractivity contribution in [2.75, 3.05) is 19.5 Å². The van der Waals surface area contributed by atoms with Gasteiger partial charge in [-0.15, -0.1) is 0 Å². The summed E-state index contributed by atoms with van der Waals surface area (Å²) in [6, 6.07) is 0. The summed E-state index contributed by atoms with van der Waals surface area (Å²) in [5.41, 5.74) is 0. The summed E-state index contributed by atoms with van der Waals surface area (Å²) in [4.78, 5) is 9.00. The van der Waals surface area contributed by atoms with Gasteiger partial charge in [0.25, 0.3) is 16.1 Å². The van der Waals surface area contributed by atoms with Crippen LogP contribution in [0.4, 0.5) is 0 Å². The van der Waals surface area contributed by atoms with E-state index >= 15 is 0 Å². The third kappa shape index (κ3) is 156. The lowest BCUT2D eigenvalue weighted by Crippen LogP contribution is -2.04. The summed E-state index contributed by atoms with van der Waals surface area (Å²) in [6.45, 7) is 3.02. The number of rotatable bonds is 2. The summed E-state index contributed by atoms with van der Waals surface area (Å²) >= 11 is 0. The van der Waals surface area contributed by atoms with Crippen molar-refractivity contribution in [3.05, 3.63) is 0 Å². The average molecular weight is 246 g/mol. The molecule has 0 spiro atoms. The molecule has 0 fully saturated rings. The first-order valence-electron chi connectivity index (χ1n) is 3.88. The molecule has 0 aromatic rings. The van der Waals surface area contributed by atoms with Crippen LogP contribution in [-0.4, -0.2) is 53.7 Å². The molecule has 0 saturated carbocycles. The molecule has 0 rings (SSSR count). The molecule has 0 atom stereocenters. The number of carbonyl (C=O) groups is 1. The number of aliphatic carboxylic acids is 1. The van der Waals surface area contributed by atoms with Crippen molar-refractivity contribution in [1.82, 2.24) is 0 Å². The largest absolute Gasteiger partial charge is 0.481 e. The van der Waals surface area contributed by atoms with Crippen molar-refractivity contribution in [3.8, 4) is 0 Å². The number of carboxylic acid groups (broad SMARTS) is 1. The van der Waals surface area contributed by atoms with Gasteiger partial charge >= 0.3 is 0 Å². The number of hydrogen-bond acceptors (Lipinski definition) is 5. The van der Waals surface area contributed by atoms with Gasteiger partial charge in [0.15, 0.2) is 0 Å². The highest BCUT2D eigenvalue weighted by Crippen LogP contribution is 1.85. The van der Waals surface area contributed by atoms with Crippen molar-refractivity contribution in [2.24, 2.45) is 5.92 Å². The second kappa shape index (κ2) is 11.4. The van der Waals surface area contributed by atoms with E-state index in [0.29, 0.717) is 6.26 Å². The van der Waals surface area contributed by atoms with Crippen LogP contribution in [0.2, 0.25) is 0 Å². The molecule has 94 valence electrons. The predicted molar refractivity (Wildman–Crippen MR) is 54.1 cm³/mol. The molecule has 0 heterocycles. The van der Waals surface area contributed by atoms with Crippen LogP contribution in [0.5, 0.6) is 0 Å². The summed E-state index contributed by atoms with van der Waals surface area (Å²) in [5, 5.41) is 23.8. The van der Waals surface area contributed by atoms with Crippen LogP contribution in [0.15, 0.2) is 0 Å². The fraction of sp³-hybridized carbons (Fsp3) is 0.857. The molecule has 0 aromatic heterocycles. The standard InChI is InChI=1S/C4H10O2.C2H4O2.CH4O3S/c1-4(2-5)3-6;1-2(3)4;1-5(2,3)4/h4-6H,2-3H2,1H3;1H3,(H,3,4);1H3,(H,2,3,4). The van der Waals surface area contributed by atoms with Crippen molar-refractivity contribution < 1.29 is 33.1 Å². The number of aliphatic hydroxyl groups excluding tert-OH is 2. The van der Waals surface area contributed by atoms with Gasteiger partial charge in [-0.25, -0.2) is 0 Å². The minimum atomic E-state index is -3.67. The molecule has 0 radical (unpaired) electrons. The number of carboxylic acids is 1. The summed E-state index contributed by atoms with van der Waals surface area (Å²) < 4.78 is 25.9. The van der Waals surface area contributed by atoms with Gasteiger partial charge in [-0.3, -0.25) is 9.35 Å². The molecule has 7 nitrogen and oxygen atoms in total. The third-order valence-corrected chi connectivity index (χ3v) is 0.623. The predicted octanol–water partition coefficient (Wildman–Crippen LogP) is -0.798. The first kappa shape index (κ1) is 19.8. The molecular weight excluding hydrogens is 228 g/mol. The molecule has 15 heavy (non-hydrogen) atoms. The molecule has 0 aliphatic carbocycles. The Bertz CT molecular complexity index is 218. The highest BCUT2D eigenvalue weighted by atomic mass is 32.2. The number of hydrogen-bond donors (Lipinski definition) is 4. The van der Waals surface area contributed by atoms with Gasteiger partial charge in [0, 0.05) is 26.1 Å². The highest BCUT2D eigenvalue weighted by Gasteiger charge is 1.91. The normalized spacial score (nSPS) is 9.53. The second-order valence-electron chi connectivity index (χ2n) is 2.72. The molecule has 0 aromatic carbocycles. The van der Waals surface area contributed by atoms with Gasteiger partial charge in [-0.1, -0.05) is 6.92 Å². The smallest absolute Gasteiger partial charge is 0.300 e. The molecule has 0 bridgehead atoms. The maximum atomic E-state index is 9.19. The van der Waals surface area contributed by atoms with E-state index in [1.54, 1.807) is 6.92 Å². The highest BCUT2D eigenvalue weighted by molar-refractivity contribution is 7.85. The molecule has 0 aliphatic heterocycles. The van der Waals surface area contributed by atoms with Crippen molar-refractivity contribution in [2.45, 2.75) is 13.8 Å². The Kier molecular flexibility index (Phi) is 15.0. The van der Waals surface area contributed by atoms with Crippen LogP contribution in [0, 0.1) is 5.92 Å². The van der Waals surface area contributed by atoms with Crippen LogP contribution in [-0.2, 0) is 14.9 Å². The Morgan fingerprint density at radius 3 is 1.40 bits per heavy atom. The van der Waals surface area contributed by atoms with Gasteiger partial charge in [-0.05, 0) is 0 Å². The zero-order valence-corrected chi connectivity index (χ0v) is 9.73. The summed E-state index contributed by atoms with van der Waals surface area (Å²) in [6.07, 6.45) is 0.715. The van der Waals surface area contributed by atoms with Crippen LogP contribution in [0.3, 0.4) is 0 Å². The van der Waals surface area contributed by atoms with Gasteiger partial charge in [-0.2, -0.15) is 8.42 Å². The maximum Gasteiger partial charge on any atom is 0.300 e. The second-order valence-corrected chi connectivity index (χ2v) is 4.19.